The zero-order valence-electron chi connectivity index (χ0n) is 23.9. The highest BCUT2D eigenvalue weighted by molar-refractivity contribution is 5.88. The summed E-state index contributed by atoms with van der Waals surface area (Å²) < 4.78 is 53.1. The Bertz CT molecular complexity index is 1670. The van der Waals surface area contributed by atoms with E-state index < -0.39 is 11.7 Å². The summed E-state index contributed by atoms with van der Waals surface area (Å²) in [5.41, 5.74) is 5.05. The van der Waals surface area contributed by atoms with Gasteiger partial charge in [0, 0.05) is 53.0 Å². The van der Waals surface area contributed by atoms with E-state index in [1.807, 2.05) is 19.9 Å². The molecule has 42 heavy (non-hydrogen) atoms. The first-order valence-corrected chi connectivity index (χ1v) is 14.9. The molecule has 2 aromatic heterocycles. The molecule has 1 aliphatic heterocycles. The molecule has 2 saturated carbocycles. The van der Waals surface area contributed by atoms with Crippen molar-refractivity contribution < 1.29 is 22.4 Å². The van der Waals surface area contributed by atoms with Crippen molar-refractivity contribution in [1.82, 2.24) is 10.1 Å². The number of allylic oxidation sites excluding steroid dienone is 1. The second kappa shape index (κ2) is 10.2. The molecule has 3 aliphatic rings. The molecule has 0 unspecified atom stereocenters. The molecule has 0 atom stereocenters. The third-order valence-corrected chi connectivity index (χ3v) is 9.12. The number of aryl methyl sites for hydroxylation is 1. The number of aromatic nitrogens is 2. The van der Waals surface area contributed by atoms with Crippen molar-refractivity contribution in [2.45, 2.75) is 64.5 Å². The lowest BCUT2D eigenvalue weighted by Crippen LogP contribution is -2.44. The van der Waals surface area contributed by atoms with Crippen molar-refractivity contribution in [3.63, 3.8) is 0 Å². The number of benzene rings is 2. The molecule has 2 aliphatic carbocycles. The number of hydrogen-bond acceptors (Lipinski definition) is 5. The van der Waals surface area contributed by atoms with E-state index in [-0.39, 0.29) is 16.9 Å². The van der Waals surface area contributed by atoms with Crippen LogP contribution in [-0.2, 0) is 6.18 Å². The van der Waals surface area contributed by atoms with E-state index in [1.165, 1.54) is 23.4 Å². The molecule has 2 aromatic carbocycles. The lowest BCUT2D eigenvalue weighted by atomic mass is 9.60. The Kier molecular flexibility index (Phi) is 6.55. The lowest BCUT2D eigenvalue weighted by molar-refractivity contribution is -0.137. The quantitative estimate of drug-likeness (QED) is 0.230. The predicted octanol–water partition coefficient (Wildman–Crippen LogP) is 8.96. The number of fused-ring (bicyclic) bond motifs is 1. The highest BCUT2D eigenvalue weighted by Crippen LogP contribution is 2.54. The number of nitrogens with zero attached hydrogens (tertiary/aromatic N) is 3. The maximum atomic E-state index is 13.8. The van der Waals surface area contributed by atoms with Crippen LogP contribution in [0.5, 0.6) is 5.75 Å². The van der Waals surface area contributed by atoms with E-state index in [1.54, 1.807) is 6.07 Å². The summed E-state index contributed by atoms with van der Waals surface area (Å²) in [6.45, 7) is 6.52. The molecule has 0 radical (unpaired) electrons. The van der Waals surface area contributed by atoms with E-state index in [9.17, 15) is 13.2 Å². The van der Waals surface area contributed by atoms with Crippen molar-refractivity contribution in [3.8, 4) is 17.0 Å². The fraction of sp³-hybridized carbons (Fsp3) is 0.412. The van der Waals surface area contributed by atoms with Gasteiger partial charge < -0.3 is 14.2 Å². The van der Waals surface area contributed by atoms with Gasteiger partial charge in [-0.25, -0.2) is 0 Å². The second-order valence-electron chi connectivity index (χ2n) is 12.2. The number of pyridine rings is 1. The van der Waals surface area contributed by atoms with Crippen molar-refractivity contribution in [2.24, 2.45) is 5.41 Å². The van der Waals surface area contributed by atoms with Crippen LogP contribution in [0.4, 0.5) is 18.9 Å². The molecule has 218 valence electrons. The lowest BCUT2D eigenvalue weighted by Gasteiger charge is -2.50. The number of anilines is 1. The molecule has 5 nitrogen and oxygen atoms in total. The van der Waals surface area contributed by atoms with Gasteiger partial charge in [0.15, 0.2) is 0 Å². The van der Waals surface area contributed by atoms with Crippen molar-refractivity contribution in [3.05, 3.63) is 76.7 Å². The van der Waals surface area contributed by atoms with Crippen LogP contribution < -0.4 is 9.64 Å². The number of rotatable bonds is 6. The van der Waals surface area contributed by atoms with Gasteiger partial charge in [-0.1, -0.05) is 28.9 Å². The summed E-state index contributed by atoms with van der Waals surface area (Å²) in [5.74, 6) is 1.86. The SMILES string of the molecule is CCOc1cc(C)nc2ccc(N3CCC4(CC3)CC(=Cc3c(-c5ccccc5C(F)(F)F)noc3C3CC3)C4)cc12. The average molecular weight is 574 g/mol. The van der Waals surface area contributed by atoms with Gasteiger partial charge >= 0.3 is 6.18 Å². The molecule has 0 bridgehead atoms. The molecule has 0 N–H and O–H groups in total. The highest BCUT2D eigenvalue weighted by Gasteiger charge is 2.44. The number of piperidine rings is 1. The predicted molar refractivity (Wildman–Crippen MR) is 158 cm³/mol. The zero-order valence-corrected chi connectivity index (χ0v) is 23.9. The van der Waals surface area contributed by atoms with E-state index in [0.717, 1.165) is 91.4 Å². The average Bonchev–Trinajstić information content (AvgIpc) is 3.72. The monoisotopic (exact) mass is 573 g/mol. The standard InChI is InChI=1S/C34H34F3N3O2/c1-3-41-30-16-21(2)38-29-11-10-24(18-26(29)30)40-14-12-33(13-15-40)19-22(20-33)17-27-31(39-42-32(27)23-8-9-23)25-6-4-5-7-28(25)34(35,36)37/h4-7,10-11,16-18,23H,3,8-9,12-15,19-20H2,1-2H3. The van der Waals surface area contributed by atoms with Crippen LogP contribution in [0, 0.1) is 12.3 Å². The Morgan fingerprint density at radius 1 is 1.07 bits per heavy atom. The third-order valence-electron chi connectivity index (χ3n) is 9.12. The fourth-order valence-electron chi connectivity index (χ4n) is 6.81. The molecule has 0 amide bonds. The minimum Gasteiger partial charge on any atom is -0.493 e. The fourth-order valence-corrected chi connectivity index (χ4v) is 6.81. The summed E-state index contributed by atoms with van der Waals surface area (Å²) >= 11 is 0. The molecule has 3 heterocycles. The first-order valence-electron chi connectivity index (χ1n) is 14.9. The van der Waals surface area contributed by atoms with Crippen LogP contribution in [0.1, 0.15) is 73.9 Å². The van der Waals surface area contributed by atoms with E-state index >= 15 is 0 Å². The molecule has 3 fully saturated rings. The molecule has 4 aromatic rings. The topological polar surface area (TPSA) is 51.4 Å². The van der Waals surface area contributed by atoms with Crippen molar-refractivity contribution in [2.75, 3.05) is 24.6 Å². The van der Waals surface area contributed by atoms with Crippen LogP contribution in [0.3, 0.4) is 0 Å². The Balaban J connectivity index is 1.09. The van der Waals surface area contributed by atoms with Gasteiger partial charge in [0.2, 0.25) is 0 Å². The van der Waals surface area contributed by atoms with Crippen molar-refractivity contribution in [1.29, 1.82) is 0 Å². The van der Waals surface area contributed by atoms with Gasteiger partial charge in [-0.15, -0.1) is 0 Å². The van der Waals surface area contributed by atoms with Gasteiger partial charge in [0.25, 0.3) is 0 Å². The summed E-state index contributed by atoms with van der Waals surface area (Å²) in [5, 5.41) is 5.22. The Morgan fingerprint density at radius 3 is 2.55 bits per heavy atom. The van der Waals surface area contributed by atoms with E-state index in [2.05, 4.69) is 39.3 Å². The number of halogens is 3. The zero-order chi connectivity index (χ0) is 29.1. The van der Waals surface area contributed by atoms with Crippen LogP contribution in [0.25, 0.3) is 28.2 Å². The smallest absolute Gasteiger partial charge is 0.417 e. The van der Waals surface area contributed by atoms with Crippen LogP contribution >= 0.6 is 0 Å². The van der Waals surface area contributed by atoms with E-state index in [0.29, 0.717) is 12.3 Å². The Labute approximate surface area is 243 Å². The summed E-state index contributed by atoms with van der Waals surface area (Å²) in [7, 11) is 0. The van der Waals surface area contributed by atoms with Gasteiger partial charge in [-0.2, -0.15) is 13.2 Å². The minimum absolute atomic E-state index is 0.0862. The first kappa shape index (κ1) is 27.0. The van der Waals surface area contributed by atoms with Gasteiger partial charge in [-0.3, -0.25) is 4.98 Å². The minimum atomic E-state index is -4.46. The summed E-state index contributed by atoms with van der Waals surface area (Å²) in [6.07, 6.45) is 3.68. The maximum absolute atomic E-state index is 13.8. The van der Waals surface area contributed by atoms with Crippen LogP contribution in [-0.4, -0.2) is 29.8 Å². The molecule has 1 spiro atoms. The van der Waals surface area contributed by atoms with Crippen molar-refractivity contribution >= 4 is 22.7 Å². The molecular weight excluding hydrogens is 539 g/mol. The Morgan fingerprint density at radius 2 is 1.83 bits per heavy atom. The summed E-state index contributed by atoms with van der Waals surface area (Å²) in [6, 6.07) is 14.1. The van der Waals surface area contributed by atoms with Crippen LogP contribution in [0.15, 0.2) is 58.6 Å². The van der Waals surface area contributed by atoms with Gasteiger partial charge in [-0.05, 0) is 88.1 Å². The normalized spacial score (nSPS) is 18.4. The van der Waals surface area contributed by atoms with Crippen LogP contribution in [0.2, 0.25) is 0 Å². The van der Waals surface area contributed by atoms with Gasteiger partial charge in [0.1, 0.15) is 17.2 Å². The van der Waals surface area contributed by atoms with E-state index in [4.69, 9.17) is 9.26 Å². The highest BCUT2D eigenvalue weighted by atomic mass is 19.4. The molecule has 7 rings (SSSR count). The molecular formula is C34H34F3N3O2. The summed E-state index contributed by atoms with van der Waals surface area (Å²) in [4.78, 5) is 7.12. The van der Waals surface area contributed by atoms with Gasteiger partial charge in [0.05, 0.1) is 17.7 Å². The number of alkyl halides is 3. The molecule has 1 saturated heterocycles. The first-order chi connectivity index (χ1) is 20.2. The third kappa shape index (κ3) is 4.95. The second-order valence-corrected chi connectivity index (χ2v) is 12.2. The Hall–Kier alpha value is -3.81. The molecule has 8 heteroatoms. The number of hydrogen-bond donors (Lipinski definition) is 0. The largest absolute Gasteiger partial charge is 0.493 e. The number of ether oxygens (including phenoxy) is 1. The maximum Gasteiger partial charge on any atom is 0.417 e.